The van der Waals surface area contributed by atoms with Gasteiger partial charge in [-0.25, -0.2) is 12.8 Å². The zero-order valence-electron chi connectivity index (χ0n) is 12.5. The second-order valence-corrected chi connectivity index (χ2v) is 7.09. The summed E-state index contributed by atoms with van der Waals surface area (Å²) in [6, 6.07) is 5.77. The number of sulfonamides is 1. The summed E-state index contributed by atoms with van der Waals surface area (Å²) in [7, 11) is -1.83. The van der Waals surface area contributed by atoms with E-state index in [1.807, 2.05) is 0 Å². The average Bonchev–Trinajstić information content (AvgIpc) is 2.47. The van der Waals surface area contributed by atoms with Crippen molar-refractivity contribution in [2.45, 2.75) is 12.5 Å². The molecule has 1 aromatic rings. The third kappa shape index (κ3) is 4.89. The van der Waals surface area contributed by atoms with Crippen LogP contribution in [0.5, 0.6) is 0 Å². The zero-order chi connectivity index (χ0) is 15.3. The van der Waals surface area contributed by atoms with Gasteiger partial charge in [0.2, 0.25) is 10.0 Å². The fourth-order valence-electron chi connectivity index (χ4n) is 2.52. The molecule has 0 bridgehead atoms. The van der Waals surface area contributed by atoms with Crippen LogP contribution in [0.2, 0.25) is 0 Å². The Morgan fingerprint density at radius 3 is 2.91 bits per heavy atom. The summed E-state index contributed by atoms with van der Waals surface area (Å²) < 4.78 is 44.7. The van der Waals surface area contributed by atoms with E-state index in [2.05, 4.69) is 5.32 Å². The van der Waals surface area contributed by atoms with Crippen molar-refractivity contribution >= 4 is 22.4 Å². The molecular formula is C14H22ClFN2O3S. The monoisotopic (exact) mass is 352 g/mol. The van der Waals surface area contributed by atoms with Crippen LogP contribution in [0.1, 0.15) is 18.0 Å². The molecule has 0 aromatic heterocycles. The fourth-order valence-corrected chi connectivity index (χ4v) is 4.19. The van der Waals surface area contributed by atoms with Crippen LogP contribution in [0.3, 0.4) is 0 Å². The minimum absolute atomic E-state index is 0. The summed E-state index contributed by atoms with van der Waals surface area (Å²) in [5.41, 5.74) is 0.678. The highest BCUT2D eigenvalue weighted by Crippen LogP contribution is 2.26. The van der Waals surface area contributed by atoms with E-state index in [1.165, 1.54) is 16.4 Å². The van der Waals surface area contributed by atoms with Gasteiger partial charge in [0.1, 0.15) is 5.82 Å². The molecule has 0 aliphatic carbocycles. The number of halogens is 2. The highest BCUT2D eigenvalue weighted by atomic mass is 35.5. The van der Waals surface area contributed by atoms with Gasteiger partial charge in [-0.2, -0.15) is 4.31 Å². The predicted molar refractivity (Wildman–Crippen MR) is 86.2 cm³/mol. The van der Waals surface area contributed by atoms with E-state index in [9.17, 15) is 12.8 Å². The van der Waals surface area contributed by atoms with E-state index in [1.54, 1.807) is 19.2 Å². The van der Waals surface area contributed by atoms with Crippen molar-refractivity contribution in [3.05, 3.63) is 35.6 Å². The first kappa shape index (κ1) is 19.3. The Kier molecular flexibility index (Phi) is 7.71. The van der Waals surface area contributed by atoms with Gasteiger partial charge < -0.3 is 10.1 Å². The van der Waals surface area contributed by atoms with E-state index in [0.717, 1.165) is 0 Å². The molecule has 1 aromatic carbocycles. The first-order chi connectivity index (χ1) is 10.0. The van der Waals surface area contributed by atoms with Crippen molar-refractivity contribution in [3.8, 4) is 0 Å². The molecule has 126 valence electrons. The molecule has 0 saturated carbocycles. The number of ether oxygens (including phenoxy) is 1. The molecule has 1 unspecified atom stereocenters. The molecule has 1 heterocycles. The van der Waals surface area contributed by atoms with Crippen LogP contribution in [-0.2, 0) is 14.8 Å². The molecule has 5 nitrogen and oxygen atoms in total. The van der Waals surface area contributed by atoms with Crippen molar-refractivity contribution in [2.24, 2.45) is 0 Å². The van der Waals surface area contributed by atoms with Gasteiger partial charge in [-0.15, -0.1) is 12.4 Å². The van der Waals surface area contributed by atoms with Crippen molar-refractivity contribution in [1.82, 2.24) is 9.62 Å². The van der Waals surface area contributed by atoms with Gasteiger partial charge >= 0.3 is 0 Å². The third-order valence-electron chi connectivity index (χ3n) is 3.54. The van der Waals surface area contributed by atoms with Crippen LogP contribution < -0.4 is 5.32 Å². The second-order valence-electron chi connectivity index (χ2n) is 5.05. The van der Waals surface area contributed by atoms with Crippen LogP contribution in [-0.4, -0.2) is 51.8 Å². The average molecular weight is 353 g/mol. The quantitative estimate of drug-likeness (QED) is 0.789. The smallest absolute Gasteiger partial charge is 0.214 e. The summed E-state index contributed by atoms with van der Waals surface area (Å²) >= 11 is 0. The van der Waals surface area contributed by atoms with E-state index < -0.39 is 10.0 Å². The number of piperazine rings is 1. The van der Waals surface area contributed by atoms with Crippen LogP contribution >= 0.6 is 12.4 Å². The van der Waals surface area contributed by atoms with Crippen molar-refractivity contribution in [3.63, 3.8) is 0 Å². The van der Waals surface area contributed by atoms with Crippen LogP contribution in [0, 0.1) is 5.82 Å². The molecule has 1 N–H and O–H groups in total. The molecule has 22 heavy (non-hydrogen) atoms. The lowest BCUT2D eigenvalue weighted by atomic mass is 10.1. The predicted octanol–water partition coefficient (Wildman–Crippen LogP) is 1.56. The van der Waals surface area contributed by atoms with Crippen LogP contribution in [0.25, 0.3) is 0 Å². The molecule has 0 spiro atoms. The maximum Gasteiger partial charge on any atom is 0.214 e. The zero-order valence-corrected chi connectivity index (χ0v) is 14.1. The van der Waals surface area contributed by atoms with E-state index >= 15 is 0 Å². The third-order valence-corrected chi connectivity index (χ3v) is 5.49. The molecule has 1 atom stereocenters. The maximum atomic E-state index is 13.4. The summed E-state index contributed by atoms with van der Waals surface area (Å²) in [6.45, 7) is 1.91. The van der Waals surface area contributed by atoms with Crippen molar-refractivity contribution < 1.29 is 17.5 Å². The lowest BCUT2D eigenvalue weighted by Crippen LogP contribution is -2.49. The number of rotatable bonds is 6. The van der Waals surface area contributed by atoms with Gasteiger partial charge in [-0.1, -0.05) is 12.1 Å². The second kappa shape index (κ2) is 8.79. The Morgan fingerprint density at radius 1 is 1.45 bits per heavy atom. The van der Waals surface area contributed by atoms with Gasteiger partial charge in [0.15, 0.2) is 0 Å². The van der Waals surface area contributed by atoms with E-state index in [-0.39, 0.29) is 30.0 Å². The molecule has 1 aliphatic rings. The SMILES string of the molecule is COCCCS(=O)(=O)N1CCNCC1c1cccc(F)c1.Cl. The number of methoxy groups -OCH3 is 1. The summed E-state index contributed by atoms with van der Waals surface area (Å²) in [6.07, 6.45) is 0.457. The Hall–Kier alpha value is -0.730. The molecule has 1 aliphatic heterocycles. The van der Waals surface area contributed by atoms with Gasteiger partial charge in [0, 0.05) is 33.4 Å². The molecule has 8 heteroatoms. The van der Waals surface area contributed by atoms with E-state index in [4.69, 9.17) is 4.74 Å². The number of hydrogen-bond donors (Lipinski definition) is 1. The normalized spacial score (nSPS) is 19.6. The van der Waals surface area contributed by atoms with Gasteiger partial charge in [0.05, 0.1) is 11.8 Å². The maximum absolute atomic E-state index is 13.4. The topological polar surface area (TPSA) is 58.6 Å². The first-order valence-electron chi connectivity index (χ1n) is 6.99. The summed E-state index contributed by atoms with van der Waals surface area (Å²) in [5, 5.41) is 3.17. The Morgan fingerprint density at radius 2 is 2.23 bits per heavy atom. The van der Waals surface area contributed by atoms with Crippen LogP contribution in [0.4, 0.5) is 4.39 Å². The highest BCUT2D eigenvalue weighted by molar-refractivity contribution is 7.89. The molecule has 0 amide bonds. The number of nitrogens with one attached hydrogen (secondary N) is 1. The van der Waals surface area contributed by atoms with Crippen LogP contribution in [0.15, 0.2) is 24.3 Å². The summed E-state index contributed by atoms with van der Waals surface area (Å²) in [5.74, 6) is -0.304. The molecule has 0 radical (unpaired) electrons. The Balaban J connectivity index is 0.00000242. The molecule has 1 saturated heterocycles. The van der Waals surface area contributed by atoms with Crippen molar-refractivity contribution in [1.29, 1.82) is 0 Å². The van der Waals surface area contributed by atoms with Gasteiger partial charge in [-0.3, -0.25) is 0 Å². The lowest BCUT2D eigenvalue weighted by Gasteiger charge is -2.35. The van der Waals surface area contributed by atoms with Crippen molar-refractivity contribution in [2.75, 3.05) is 39.1 Å². The molecule has 1 fully saturated rings. The molecule has 2 rings (SSSR count). The number of benzene rings is 1. The number of nitrogens with zero attached hydrogens (tertiary/aromatic N) is 1. The lowest BCUT2D eigenvalue weighted by molar-refractivity contribution is 0.198. The summed E-state index contributed by atoms with van der Waals surface area (Å²) in [4.78, 5) is 0. The minimum atomic E-state index is -3.37. The van der Waals surface area contributed by atoms with E-state index in [0.29, 0.717) is 38.2 Å². The largest absolute Gasteiger partial charge is 0.385 e. The highest BCUT2D eigenvalue weighted by Gasteiger charge is 2.32. The van der Waals surface area contributed by atoms with Gasteiger partial charge in [-0.05, 0) is 24.1 Å². The van der Waals surface area contributed by atoms with Gasteiger partial charge in [0.25, 0.3) is 0 Å². The number of hydrogen-bond acceptors (Lipinski definition) is 4. The fraction of sp³-hybridized carbons (Fsp3) is 0.571. The Bertz CT molecular complexity index is 571. The Labute approximate surface area is 137 Å². The molecular weight excluding hydrogens is 331 g/mol. The first-order valence-corrected chi connectivity index (χ1v) is 8.60. The minimum Gasteiger partial charge on any atom is -0.385 e. The standard InChI is InChI=1S/C14H21FN2O3S.ClH/c1-20-8-3-9-21(18,19)17-7-6-16-11-14(17)12-4-2-5-13(15)10-12;/h2,4-5,10,14,16H,3,6-9,11H2,1H3;1H.